The lowest BCUT2D eigenvalue weighted by molar-refractivity contribution is -0.274. The van der Waals surface area contributed by atoms with E-state index in [9.17, 15) is 13.2 Å². The number of ether oxygens (including phenoxy) is 1. The normalized spacial score (nSPS) is 13.4. The summed E-state index contributed by atoms with van der Waals surface area (Å²) in [5, 5.41) is -0.00623. The van der Waals surface area contributed by atoms with Crippen molar-refractivity contribution in [1.82, 2.24) is 0 Å². The van der Waals surface area contributed by atoms with Gasteiger partial charge in [0.2, 0.25) is 0 Å². The molecule has 0 aliphatic heterocycles. The Balaban J connectivity index is 2.84. The molecule has 0 saturated heterocycles. The fourth-order valence-electron chi connectivity index (χ4n) is 1.78. The van der Waals surface area contributed by atoms with Crippen molar-refractivity contribution >= 4 is 11.6 Å². The van der Waals surface area contributed by atoms with Crippen molar-refractivity contribution in [2.24, 2.45) is 5.73 Å². The highest BCUT2D eigenvalue weighted by Gasteiger charge is 2.32. The van der Waals surface area contributed by atoms with Crippen molar-refractivity contribution in [2.45, 2.75) is 45.5 Å². The Labute approximate surface area is 115 Å². The zero-order valence-electron chi connectivity index (χ0n) is 10.9. The molecule has 1 atom stereocenters. The SMILES string of the molecule is Cc1cc(CCC[C@H](C)N)cc(OC(F)(F)F)c1Cl. The molecule has 0 aliphatic rings. The van der Waals surface area contributed by atoms with E-state index in [1.54, 1.807) is 13.0 Å². The van der Waals surface area contributed by atoms with E-state index >= 15 is 0 Å². The van der Waals surface area contributed by atoms with E-state index < -0.39 is 6.36 Å². The second-order valence-electron chi connectivity index (χ2n) is 4.64. The molecule has 0 saturated carbocycles. The van der Waals surface area contributed by atoms with Gasteiger partial charge in [-0.3, -0.25) is 0 Å². The maximum Gasteiger partial charge on any atom is 0.573 e. The predicted octanol–water partition coefficient (Wildman–Crippen LogP) is 4.22. The van der Waals surface area contributed by atoms with Gasteiger partial charge in [-0.25, -0.2) is 0 Å². The van der Waals surface area contributed by atoms with E-state index in [4.69, 9.17) is 17.3 Å². The average Bonchev–Trinajstić information content (AvgIpc) is 2.22. The molecule has 1 rings (SSSR count). The third-order valence-electron chi connectivity index (χ3n) is 2.63. The molecule has 108 valence electrons. The third kappa shape index (κ3) is 5.70. The van der Waals surface area contributed by atoms with Gasteiger partial charge in [0.15, 0.2) is 0 Å². The summed E-state index contributed by atoms with van der Waals surface area (Å²) in [5.41, 5.74) is 6.96. The second kappa shape index (κ2) is 6.48. The van der Waals surface area contributed by atoms with Gasteiger partial charge in [-0.2, -0.15) is 0 Å². The molecule has 0 unspecified atom stereocenters. The van der Waals surface area contributed by atoms with E-state index in [2.05, 4.69) is 4.74 Å². The van der Waals surface area contributed by atoms with Crippen LogP contribution in [0.15, 0.2) is 12.1 Å². The second-order valence-corrected chi connectivity index (χ2v) is 5.02. The minimum Gasteiger partial charge on any atom is -0.404 e. The van der Waals surface area contributed by atoms with Crippen LogP contribution >= 0.6 is 11.6 Å². The number of alkyl halides is 3. The molecule has 6 heteroatoms. The number of benzene rings is 1. The zero-order chi connectivity index (χ0) is 14.6. The highest BCUT2D eigenvalue weighted by atomic mass is 35.5. The van der Waals surface area contributed by atoms with Gasteiger partial charge in [0, 0.05) is 6.04 Å². The lowest BCUT2D eigenvalue weighted by Gasteiger charge is -2.14. The summed E-state index contributed by atoms with van der Waals surface area (Å²) in [6, 6.07) is 3.19. The smallest absolute Gasteiger partial charge is 0.404 e. The molecule has 0 bridgehead atoms. The van der Waals surface area contributed by atoms with E-state index in [0.717, 1.165) is 18.4 Å². The minimum atomic E-state index is -4.74. The molecule has 1 aromatic carbocycles. The Morgan fingerprint density at radius 1 is 1.37 bits per heavy atom. The Bertz CT molecular complexity index is 433. The monoisotopic (exact) mass is 295 g/mol. The Kier molecular flexibility index (Phi) is 5.50. The lowest BCUT2D eigenvalue weighted by atomic mass is 10.0. The van der Waals surface area contributed by atoms with E-state index in [-0.39, 0.29) is 16.8 Å². The molecular weight excluding hydrogens is 279 g/mol. The van der Waals surface area contributed by atoms with Crippen LogP contribution in [0, 0.1) is 6.92 Å². The summed E-state index contributed by atoms with van der Waals surface area (Å²) in [7, 11) is 0. The van der Waals surface area contributed by atoms with Crippen molar-refractivity contribution in [2.75, 3.05) is 0 Å². The number of hydrogen-bond acceptors (Lipinski definition) is 2. The van der Waals surface area contributed by atoms with Crippen molar-refractivity contribution in [3.05, 3.63) is 28.3 Å². The Morgan fingerprint density at radius 3 is 2.53 bits per heavy atom. The van der Waals surface area contributed by atoms with Gasteiger partial charge < -0.3 is 10.5 Å². The predicted molar refractivity (Wildman–Crippen MR) is 69.5 cm³/mol. The number of aryl methyl sites for hydroxylation is 2. The van der Waals surface area contributed by atoms with Gasteiger partial charge in [0.1, 0.15) is 5.75 Å². The van der Waals surface area contributed by atoms with Crippen LogP contribution in [-0.4, -0.2) is 12.4 Å². The van der Waals surface area contributed by atoms with Gasteiger partial charge in [-0.1, -0.05) is 17.7 Å². The van der Waals surface area contributed by atoms with Gasteiger partial charge >= 0.3 is 6.36 Å². The number of hydrogen-bond donors (Lipinski definition) is 1. The maximum atomic E-state index is 12.2. The lowest BCUT2D eigenvalue weighted by Crippen LogP contribution is -2.17. The van der Waals surface area contributed by atoms with Crippen LogP contribution in [0.1, 0.15) is 30.9 Å². The summed E-state index contributed by atoms with van der Waals surface area (Å²) in [4.78, 5) is 0. The van der Waals surface area contributed by atoms with Gasteiger partial charge in [0.05, 0.1) is 5.02 Å². The van der Waals surface area contributed by atoms with Crippen LogP contribution in [0.2, 0.25) is 5.02 Å². The molecule has 0 aromatic heterocycles. The zero-order valence-corrected chi connectivity index (χ0v) is 11.6. The first kappa shape index (κ1) is 16.1. The third-order valence-corrected chi connectivity index (χ3v) is 3.12. The Morgan fingerprint density at radius 2 is 2.00 bits per heavy atom. The molecule has 0 aliphatic carbocycles. The molecule has 0 radical (unpaired) electrons. The fraction of sp³-hybridized carbons (Fsp3) is 0.538. The Hall–Kier alpha value is -0.940. The molecule has 1 aromatic rings. The highest BCUT2D eigenvalue weighted by Crippen LogP contribution is 2.34. The first-order chi connectivity index (χ1) is 8.69. The van der Waals surface area contributed by atoms with Crippen LogP contribution in [0.5, 0.6) is 5.75 Å². The van der Waals surface area contributed by atoms with Crippen molar-refractivity contribution < 1.29 is 17.9 Å². The molecule has 0 spiro atoms. The largest absolute Gasteiger partial charge is 0.573 e. The van der Waals surface area contributed by atoms with Crippen LogP contribution in [0.4, 0.5) is 13.2 Å². The van der Waals surface area contributed by atoms with E-state index in [1.165, 1.54) is 6.07 Å². The topological polar surface area (TPSA) is 35.2 Å². The number of rotatable bonds is 5. The summed E-state index contributed by atoms with van der Waals surface area (Å²) in [5.74, 6) is -0.343. The molecule has 19 heavy (non-hydrogen) atoms. The highest BCUT2D eigenvalue weighted by molar-refractivity contribution is 6.32. The van der Waals surface area contributed by atoms with E-state index in [0.29, 0.717) is 12.0 Å². The van der Waals surface area contributed by atoms with E-state index in [1.807, 2.05) is 6.92 Å². The standard InChI is InChI=1S/C13H17ClF3NO/c1-8-6-10(5-3-4-9(2)18)7-11(12(8)14)19-13(15,16)17/h6-7,9H,3-5,18H2,1-2H3/t9-/m0/s1. The van der Waals surface area contributed by atoms with Crippen LogP contribution in [-0.2, 0) is 6.42 Å². The van der Waals surface area contributed by atoms with Gasteiger partial charge in [-0.05, 0) is 50.3 Å². The molecule has 0 fully saturated rings. The quantitative estimate of drug-likeness (QED) is 0.883. The van der Waals surface area contributed by atoms with Crippen molar-refractivity contribution in [3.63, 3.8) is 0 Å². The molecule has 2 nitrogen and oxygen atoms in total. The number of nitrogens with two attached hydrogens (primary N) is 1. The van der Waals surface area contributed by atoms with Gasteiger partial charge in [-0.15, -0.1) is 13.2 Å². The average molecular weight is 296 g/mol. The van der Waals surface area contributed by atoms with Crippen LogP contribution < -0.4 is 10.5 Å². The number of halogens is 4. The minimum absolute atomic E-state index is 0.00623. The van der Waals surface area contributed by atoms with Crippen LogP contribution in [0.3, 0.4) is 0 Å². The van der Waals surface area contributed by atoms with Crippen LogP contribution in [0.25, 0.3) is 0 Å². The first-order valence-electron chi connectivity index (χ1n) is 5.99. The fourth-order valence-corrected chi connectivity index (χ4v) is 1.93. The summed E-state index contributed by atoms with van der Waals surface area (Å²) >= 11 is 5.81. The molecular formula is C13H17ClF3NO. The van der Waals surface area contributed by atoms with Gasteiger partial charge in [0.25, 0.3) is 0 Å². The molecule has 0 heterocycles. The molecule has 2 N–H and O–H groups in total. The van der Waals surface area contributed by atoms with Crippen molar-refractivity contribution in [1.29, 1.82) is 0 Å². The molecule has 0 amide bonds. The first-order valence-corrected chi connectivity index (χ1v) is 6.37. The maximum absolute atomic E-state index is 12.2. The summed E-state index contributed by atoms with van der Waals surface area (Å²) < 4.78 is 40.7. The van der Waals surface area contributed by atoms with Crippen molar-refractivity contribution in [3.8, 4) is 5.75 Å². The summed E-state index contributed by atoms with van der Waals surface area (Å²) in [6.07, 6.45) is -2.46. The summed E-state index contributed by atoms with van der Waals surface area (Å²) in [6.45, 7) is 3.55.